The van der Waals surface area contributed by atoms with E-state index in [9.17, 15) is 0 Å². The second kappa shape index (κ2) is 6.95. The quantitative estimate of drug-likeness (QED) is 0.774. The van der Waals surface area contributed by atoms with Crippen molar-refractivity contribution >= 4 is 5.95 Å². The van der Waals surface area contributed by atoms with Crippen LogP contribution in [0.2, 0.25) is 0 Å². The Hall–Kier alpha value is -1.63. The van der Waals surface area contributed by atoms with Gasteiger partial charge in [-0.15, -0.1) is 0 Å². The molecule has 1 unspecified atom stereocenters. The molecule has 0 N–H and O–H groups in total. The monoisotopic (exact) mass is 246 g/mol. The molecule has 1 atom stereocenters. The molecule has 0 amide bonds. The van der Waals surface area contributed by atoms with E-state index in [1.165, 1.54) is 0 Å². The zero-order valence-corrected chi connectivity index (χ0v) is 11.8. The van der Waals surface area contributed by atoms with Crippen LogP contribution in [0.15, 0.2) is 6.07 Å². The normalized spacial score (nSPS) is 11.9. The number of hydrogen-bond donors (Lipinski definition) is 0. The standard InChI is InChI=1S/C14H22N4/c1-5-7-8-18(12(4)6-2)14-16-11(3)9-13(10-15)17-14/h9,12H,5-8H2,1-4H3. The predicted octanol–water partition coefficient (Wildman–Crippen LogP) is 3.06. The van der Waals surface area contributed by atoms with E-state index in [-0.39, 0.29) is 0 Å². The first-order valence-corrected chi connectivity index (χ1v) is 6.64. The minimum Gasteiger partial charge on any atom is -0.338 e. The molecule has 1 rings (SSSR count). The zero-order chi connectivity index (χ0) is 13.5. The molecule has 0 aliphatic heterocycles. The van der Waals surface area contributed by atoms with Gasteiger partial charge < -0.3 is 4.90 Å². The third-order valence-electron chi connectivity index (χ3n) is 3.09. The first-order chi connectivity index (χ1) is 8.62. The van der Waals surface area contributed by atoms with Crippen molar-refractivity contribution in [3.05, 3.63) is 17.5 Å². The maximum absolute atomic E-state index is 8.98. The van der Waals surface area contributed by atoms with Crippen molar-refractivity contribution in [2.45, 2.75) is 53.0 Å². The van der Waals surface area contributed by atoms with Crippen LogP contribution in [-0.4, -0.2) is 22.6 Å². The molecule has 0 aliphatic carbocycles. The van der Waals surface area contributed by atoms with Gasteiger partial charge in [-0.05, 0) is 32.8 Å². The lowest BCUT2D eigenvalue weighted by Gasteiger charge is -2.28. The summed E-state index contributed by atoms with van der Waals surface area (Å²) in [7, 11) is 0. The van der Waals surface area contributed by atoms with Gasteiger partial charge in [-0.25, -0.2) is 9.97 Å². The molecule has 0 aromatic carbocycles. The van der Waals surface area contributed by atoms with Crippen LogP contribution >= 0.6 is 0 Å². The Kier molecular flexibility index (Phi) is 5.57. The van der Waals surface area contributed by atoms with Crippen molar-refractivity contribution in [2.24, 2.45) is 0 Å². The second-order valence-corrected chi connectivity index (χ2v) is 4.61. The van der Waals surface area contributed by atoms with Gasteiger partial charge in [0.2, 0.25) is 5.95 Å². The van der Waals surface area contributed by atoms with Crippen molar-refractivity contribution in [2.75, 3.05) is 11.4 Å². The summed E-state index contributed by atoms with van der Waals surface area (Å²) in [5, 5.41) is 8.98. The number of anilines is 1. The summed E-state index contributed by atoms with van der Waals surface area (Å²) >= 11 is 0. The Labute approximate surface area is 110 Å². The van der Waals surface area contributed by atoms with Crippen LogP contribution in [0.25, 0.3) is 0 Å². The molecule has 1 heterocycles. The third kappa shape index (κ3) is 3.69. The molecule has 4 heteroatoms. The zero-order valence-electron chi connectivity index (χ0n) is 11.8. The SMILES string of the molecule is CCCCN(c1nc(C)cc(C#N)n1)C(C)CC. The summed E-state index contributed by atoms with van der Waals surface area (Å²) in [6.07, 6.45) is 3.30. The lowest BCUT2D eigenvalue weighted by Crippen LogP contribution is -2.35. The fourth-order valence-electron chi connectivity index (χ4n) is 1.80. The molecule has 18 heavy (non-hydrogen) atoms. The van der Waals surface area contributed by atoms with Crippen LogP contribution < -0.4 is 4.90 Å². The van der Waals surface area contributed by atoms with Crippen LogP contribution in [0.4, 0.5) is 5.95 Å². The fraction of sp³-hybridized carbons (Fsp3) is 0.643. The van der Waals surface area contributed by atoms with Gasteiger partial charge >= 0.3 is 0 Å². The van der Waals surface area contributed by atoms with Crippen molar-refractivity contribution in [1.82, 2.24) is 9.97 Å². The van der Waals surface area contributed by atoms with E-state index >= 15 is 0 Å². The summed E-state index contributed by atoms with van der Waals surface area (Å²) in [6.45, 7) is 9.35. The van der Waals surface area contributed by atoms with Gasteiger partial charge in [0.05, 0.1) is 0 Å². The van der Waals surface area contributed by atoms with Gasteiger partial charge in [0, 0.05) is 18.3 Å². The summed E-state index contributed by atoms with van der Waals surface area (Å²) in [5.74, 6) is 0.689. The highest BCUT2D eigenvalue weighted by Crippen LogP contribution is 2.16. The van der Waals surface area contributed by atoms with Gasteiger partial charge in [-0.3, -0.25) is 0 Å². The molecule has 0 saturated heterocycles. The van der Waals surface area contributed by atoms with Gasteiger partial charge in [0.15, 0.2) is 0 Å². The molecule has 98 valence electrons. The van der Waals surface area contributed by atoms with Gasteiger partial charge in [0.1, 0.15) is 11.8 Å². The van der Waals surface area contributed by atoms with E-state index in [0.29, 0.717) is 17.7 Å². The van der Waals surface area contributed by atoms with Crippen LogP contribution in [0, 0.1) is 18.3 Å². The summed E-state index contributed by atoms with van der Waals surface area (Å²) in [6, 6.07) is 4.21. The van der Waals surface area contributed by atoms with E-state index in [1.54, 1.807) is 6.07 Å². The van der Waals surface area contributed by atoms with Crippen molar-refractivity contribution in [3.8, 4) is 6.07 Å². The lowest BCUT2D eigenvalue weighted by atomic mass is 10.2. The van der Waals surface area contributed by atoms with Crippen molar-refractivity contribution < 1.29 is 0 Å². The highest BCUT2D eigenvalue weighted by Gasteiger charge is 2.16. The van der Waals surface area contributed by atoms with Gasteiger partial charge in [-0.2, -0.15) is 5.26 Å². The Balaban J connectivity index is 3.04. The van der Waals surface area contributed by atoms with E-state index in [1.807, 2.05) is 6.92 Å². The topological polar surface area (TPSA) is 52.8 Å². The number of rotatable bonds is 6. The smallest absolute Gasteiger partial charge is 0.227 e. The van der Waals surface area contributed by atoms with Crippen molar-refractivity contribution in [3.63, 3.8) is 0 Å². The van der Waals surface area contributed by atoms with E-state index in [2.05, 4.69) is 41.7 Å². The number of aryl methyl sites for hydroxylation is 1. The maximum atomic E-state index is 8.98. The fourth-order valence-corrected chi connectivity index (χ4v) is 1.80. The molecule has 1 aromatic heterocycles. The first-order valence-electron chi connectivity index (χ1n) is 6.64. The minimum atomic E-state index is 0.393. The summed E-state index contributed by atoms with van der Waals surface area (Å²) in [4.78, 5) is 11.0. The average Bonchev–Trinajstić information content (AvgIpc) is 2.38. The van der Waals surface area contributed by atoms with E-state index in [0.717, 1.165) is 31.5 Å². The number of aromatic nitrogens is 2. The Morgan fingerprint density at radius 2 is 2.11 bits per heavy atom. The Morgan fingerprint density at radius 1 is 1.39 bits per heavy atom. The highest BCUT2D eigenvalue weighted by atomic mass is 15.3. The lowest BCUT2D eigenvalue weighted by molar-refractivity contribution is 0.581. The third-order valence-corrected chi connectivity index (χ3v) is 3.09. The maximum Gasteiger partial charge on any atom is 0.227 e. The van der Waals surface area contributed by atoms with E-state index in [4.69, 9.17) is 5.26 Å². The molecule has 0 bridgehead atoms. The Morgan fingerprint density at radius 3 is 2.67 bits per heavy atom. The van der Waals surface area contributed by atoms with Crippen LogP contribution in [0.5, 0.6) is 0 Å². The average molecular weight is 246 g/mol. The molecule has 1 aromatic rings. The molecule has 0 saturated carbocycles. The largest absolute Gasteiger partial charge is 0.338 e. The van der Waals surface area contributed by atoms with Gasteiger partial charge in [-0.1, -0.05) is 20.3 Å². The number of nitrogens with zero attached hydrogens (tertiary/aromatic N) is 4. The highest BCUT2D eigenvalue weighted by molar-refractivity contribution is 5.36. The van der Waals surface area contributed by atoms with Gasteiger partial charge in [0.25, 0.3) is 0 Å². The van der Waals surface area contributed by atoms with Crippen LogP contribution in [-0.2, 0) is 0 Å². The van der Waals surface area contributed by atoms with E-state index < -0.39 is 0 Å². The molecule has 4 nitrogen and oxygen atoms in total. The molecule has 0 fully saturated rings. The van der Waals surface area contributed by atoms with Crippen molar-refractivity contribution in [1.29, 1.82) is 5.26 Å². The minimum absolute atomic E-state index is 0.393. The molecule has 0 spiro atoms. The summed E-state index contributed by atoms with van der Waals surface area (Å²) < 4.78 is 0. The van der Waals surface area contributed by atoms with Crippen LogP contribution in [0.1, 0.15) is 51.4 Å². The number of hydrogen-bond acceptors (Lipinski definition) is 4. The predicted molar refractivity (Wildman–Crippen MR) is 73.5 cm³/mol. The summed E-state index contributed by atoms with van der Waals surface area (Å²) in [5.41, 5.74) is 1.30. The second-order valence-electron chi connectivity index (χ2n) is 4.61. The first kappa shape index (κ1) is 14.4. The molecular formula is C14H22N4. The molecular weight excluding hydrogens is 224 g/mol. The Bertz CT molecular complexity index is 422. The number of nitriles is 1. The van der Waals surface area contributed by atoms with Crippen LogP contribution in [0.3, 0.4) is 0 Å². The number of unbranched alkanes of at least 4 members (excludes halogenated alkanes) is 1. The molecule has 0 aliphatic rings. The molecule has 0 radical (unpaired) electrons.